The second kappa shape index (κ2) is 6.76. The van der Waals surface area contributed by atoms with Crippen molar-refractivity contribution in [2.75, 3.05) is 6.79 Å². The van der Waals surface area contributed by atoms with Gasteiger partial charge in [-0.05, 0) is 29.3 Å². The molecule has 1 aromatic heterocycles. The van der Waals surface area contributed by atoms with Gasteiger partial charge in [-0.25, -0.2) is 0 Å². The minimum atomic E-state index is 0.266. The Hall–Kier alpha value is -2.80. The molecule has 6 nitrogen and oxygen atoms in total. The summed E-state index contributed by atoms with van der Waals surface area (Å²) in [6.07, 6.45) is 3.34. The lowest BCUT2D eigenvalue weighted by atomic mass is 10.2. The van der Waals surface area contributed by atoms with E-state index < -0.39 is 0 Å². The first-order valence-corrected chi connectivity index (χ1v) is 8.38. The van der Waals surface area contributed by atoms with E-state index in [0.29, 0.717) is 0 Å². The number of rotatable bonds is 5. The van der Waals surface area contributed by atoms with Crippen molar-refractivity contribution in [3.63, 3.8) is 0 Å². The number of hydrogen-bond acceptors (Lipinski definition) is 6. The third kappa shape index (κ3) is 3.26. The topological polar surface area (TPSA) is 61.5 Å². The lowest BCUT2D eigenvalue weighted by Gasteiger charge is -2.01. The van der Waals surface area contributed by atoms with Gasteiger partial charge in [0, 0.05) is 5.75 Å². The lowest BCUT2D eigenvalue weighted by molar-refractivity contribution is 0.174. The number of fused-ring (bicyclic) bond motifs is 1. The van der Waals surface area contributed by atoms with Gasteiger partial charge in [-0.1, -0.05) is 42.1 Å². The zero-order valence-corrected chi connectivity index (χ0v) is 13.5. The standard InChI is InChI=1S/C17H14N4O2S/c1-2-4-13(5-3-1)10-24-17-20-18-11-21(17)19-9-14-6-7-15-16(8-14)23-12-22-15/h1-9,11H,10,12H2. The third-order valence-electron chi connectivity index (χ3n) is 3.44. The summed E-state index contributed by atoms with van der Waals surface area (Å²) in [7, 11) is 0. The van der Waals surface area contributed by atoms with Crippen molar-refractivity contribution < 1.29 is 9.47 Å². The molecule has 0 saturated heterocycles. The molecule has 4 rings (SSSR count). The van der Waals surface area contributed by atoms with Gasteiger partial charge < -0.3 is 9.47 Å². The van der Waals surface area contributed by atoms with Crippen LogP contribution >= 0.6 is 11.8 Å². The van der Waals surface area contributed by atoms with Crippen molar-refractivity contribution in [3.8, 4) is 11.5 Å². The van der Waals surface area contributed by atoms with Crippen LogP contribution < -0.4 is 9.47 Å². The summed E-state index contributed by atoms with van der Waals surface area (Å²) in [6.45, 7) is 0.266. The number of nitrogens with zero attached hydrogens (tertiary/aromatic N) is 4. The molecule has 0 atom stereocenters. The van der Waals surface area contributed by atoms with E-state index in [2.05, 4.69) is 27.4 Å². The molecular formula is C17H14N4O2S. The Morgan fingerprint density at radius 3 is 2.92 bits per heavy atom. The summed E-state index contributed by atoms with van der Waals surface area (Å²) in [6, 6.07) is 15.9. The molecule has 0 amide bonds. The molecule has 0 saturated carbocycles. The zero-order chi connectivity index (χ0) is 16.2. The molecule has 1 aliphatic heterocycles. The summed E-state index contributed by atoms with van der Waals surface area (Å²) < 4.78 is 12.3. The van der Waals surface area contributed by atoms with E-state index in [0.717, 1.165) is 28.0 Å². The van der Waals surface area contributed by atoms with Gasteiger partial charge in [0.2, 0.25) is 11.9 Å². The molecular weight excluding hydrogens is 324 g/mol. The molecule has 24 heavy (non-hydrogen) atoms. The molecule has 0 fully saturated rings. The number of hydrogen-bond donors (Lipinski definition) is 0. The Morgan fingerprint density at radius 1 is 1.12 bits per heavy atom. The van der Waals surface area contributed by atoms with Crippen molar-refractivity contribution in [3.05, 3.63) is 66.0 Å². The fraction of sp³-hybridized carbons (Fsp3) is 0.118. The fourth-order valence-corrected chi connectivity index (χ4v) is 3.06. The predicted octanol–water partition coefficient (Wildman–Crippen LogP) is 3.18. The van der Waals surface area contributed by atoms with E-state index in [1.165, 1.54) is 5.56 Å². The summed E-state index contributed by atoms with van der Waals surface area (Å²) in [4.78, 5) is 0. The second-order valence-corrected chi connectivity index (χ2v) is 6.03. The second-order valence-electron chi connectivity index (χ2n) is 5.09. The van der Waals surface area contributed by atoms with Crippen LogP contribution in [0.3, 0.4) is 0 Å². The molecule has 0 spiro atoms. The molecule has 1 aliphatic rings. The average Bonchev–Trinajstić information content (AvgIpc) is 3.27. The van der Waals surface area contributed by atoms with Crippen molar-refractivity contribution in [2.24, 2.45) is 5.10 Å². The van der Waals surface area contributed by atoms with Gasteiger partial charge in [0.1, 0.15) is 6.33 Å². The molecule has 0 unspecified atom stereocenters. The Morgan fingerprint density at radius 2 is 2.00 bits per heavy atom. The molecule has 7 heteroatoms. The number of thioether (sulfide) groups is 1. The maximum atomic E-state index is 5.37. The summed E-state index contributed by atoms with van der Waals surface area (Å²) in [5.74, 6) is 2.32. The van der Waals surface area contributed by atoms with Crippen molar-refractivity contribution in [2.45, 2.75) is 10.9 Å². The van der Waals surface area contributed by atoms with Crippen LogP contribution in [0.2, 0.25) is 0 Å². The van der Waals surface area contributed by atoms with E-state index in [1.807, 2.05) is 36.4 Å². The van der Waals surface area contributed by atoms with Gasteiger partial charge in [0.25, 0.3) is 0 Å². The van der Waals surface area contributed by atoms with E-state index in [1.54, 1.807) is 29.0 Å². The van der Waals surface area contributed by atoms with Crippen molar-refractivity contribution in [1.29, 1.82) is 0 Å². The maximum Gasteiger partial charge on any atom is 0.231 e. The van der Waals surface area contributed by atoms with E-state index in [9.17, 15) is 0 Å². The normalized spacial score (nSPS) is 12.8. The molecule has 0 radical (unpaired) electrons. The average molecular weight is 338 g/mol. The van der Waals surface area contributed by atoms with Gasteiger partial charge in [0.05, 0.1) is 6.21 Å². The van der Waals surface area contributed by atoms with Crippen LogP contribution in [0.1, 0.15) is 11.1 Å². The molecule has 0 bridgehead atoms. The number of benzene rings is 2. The van der Waals surface area contributed by atoms with Crippen molar-refractivity contribution >= 4 is 18.0 Å². The van der Waals surface area contributed by atoms with Gasteiger partial charge in [-0.2, -0.15) is 9.78 Å². The number of aromatic nitrogens is 3. The van der Waals surface area contributed by atoms with Crippen LogP contribution in [0.15, 0.2) is 65.1 Å². The van der Waals surface area contributed by atoms with Crippen LogP contribution in [0, 0.1) is 0 Å². The van der Waals surface area contributed by atoms with Crippen LogP contribution in [0.25, 0.3) is 0 Å². The monoisotopic (exact) mass is 338 g/mol. The highest BCUT2D eigenvalue weighted by Crippen LogP contribution is 2.32. The molecule has 2 heterocycles. The molecule has 2 aromatic carbocycles. The summed E-state index contributed by atoms with van der Waals surface area (Å²) in [5, 5.41) is 13.2. The minimum Gasteiger partial charge on any atom is -0.454 e. The predicted molar refractivity (Wildman–Crippen MR) is 91.6 cm³/mol. The third-order valence-corrected chi connectivity index (χ3v) is 4.44. The molecule has 0 N–H and O–H groups in total. The Bertz CT molecular complexity index is 864. The molecule has 120 valence electrons. The first-order chi connectivity index (χ1) is 11.9. The zero-order valence-electron chi connectivity index (χ0n) is 12.7. The van der Waals surface area contributed by atoms with Crippen LogP contribution in [-0.4, -0.2) is 27.9 Å². The van der Waals surface area contributed by atoms with Crippen molar-refractivity contribution in [1.82, 2.24) is 14.9 Å². The fourth-order valence-electron chi connectivity index (χ4n) is 2.24. The van der Waals surface area contributed by atoms with E-state index in [-0.39, 0.29) is 6.79 Å². The Balaban J connectivity index is 1.46. The SMILES string of the molecule is C(=Nn1cnnc1SCc1ccccc1)c1ccc2c(c1)OCO2. The first kappa shape index (κ1) is 14.8. The Kier molecular flexibility index (Phi) is 4.16. The van der Waals surface area contributed by atoms with Crippen LogP contribution in [-0.2, 0) is 5.75 Å². The lowest BCUT2D eigenvalue weighted by Crippen LogP contribution is -1.93. The molecule has 3 aromatic rings. The van der Waals surface area contributed by atoms with Crippen LogP contribution in [0.4, 0.5) is 0 Å². The summed E-state index contributed by atoms with van der Waals surface area (Å²) >= 11 is 1.59. The first-order valence-electron chi connectivity index (χ1n) is 7.39. The maximum absolute atomic E-state index is 5.37. The van der Waals surface area contributed by atoms with Gasteiger partial charge in [-0.3, -0.25) is 0 Å². The van der Waals surface area contributed by atoms with Crippen LogP contribution in [0.5, 0.6) is 11.5 Å². The highest BCUT2D eigenvalue weighted by Gasteiger charge is 2.12. The van der Waals surface area contributed by atoms with Gasteiger partial charge >= 0.3 is 0 Å². The minimum absolute atomic E-state index is 0.266. The molecule has 0 aliphatic carbocycles. The largest absolute Gasteiger partial charge is 0.454 e. The highest BCUT2D eigenvalue weighted by molar-refractivity contribution is 7.98. The van der Waals surface area contributed by atoms with E-state index >= 15 is 0 Å². The Labute approximate surface area is 143 Å². The van der Waals surface area contributed by atoms with Gasteiger partial charge in [-0.15, -0.1) is 10.2 Å². The van der Waals surface area contributed by atoms with E-state index in [4.69, 9.17) is 9.47 Å². The summed E-state index contributed by atoms with van der Waals surface area (Å²) in [5.41, 5.74) is 2.16. The smallest absolute Gasteiger partial charge is 0.231 e. The van der Waals surface area contributed by atoms with Gasteiger partial charge in [0.15, 0.2) is 11.5 Å². The highest BCUT2D eigenvalue weighted by atomic mass is 32.2. The quantitative estimate of drug-likeness (QED) is 0.528. The number of ether oxygens (including phenoxy) is 2.